The lowest BCUT2D eigenvalue weighted by atomic mass is 9.98. The van der Waals surface area contributed by atoms with Crippen LogP contribution in [0.25, 0.3) is 0 Å². The van der Waals surface area contributed by atoms with Crippen molar-refractivity contribution in [1.29, 1.82) is 0 Å². The van der Waals surface area contributed by atoms with Crippen LogP contribution in [0.15, 0.2) is 10.7 Å². The first-order chi connectivity index (χ1) is 7.00. The predicted octanol–water partition coefficient (Wildman–Crippen LogP) is 1.21. The summed E-state index contributed by atoms with van der Waals surface area (Å²) in [5, 5.41) is 23.6. The van der Waals surface area contributed by atoms with Gasteiger partial charge in [0.25, 0.3) is 0 Å². The molecule has 0 amide bonds. The quantitative estimate of drug-likeness (QED) is 0.750. The summed E-state index contributed by atoms with van der Waals surface area (Å²) in [7, 11) is 0. The number of H-pyrrole nitrogens is 1. The van der Waals surface area contributed by atoms with E-state index in [0.29, 0.717) is 10.2 Å². The summed E-state index contributed by atoms with van der Waals surface area (Å²) in [4.78, 5) is 21.1. The molecule has 0 aromatic carbocycles. The number of aliphatic carboxylic acids is 2. The first kappa shape index (κ1) is 11.7. The van der Waals surface area contributed by atoms with Gasteiger partial charge in [-0.25, -0.2) is 0 Å². The van der Waals surface area contributed by atoms with Crippen LogP contribution in [-0.4, -0.2) is 32.3 Å². The molecule has 0 radical (unpaired) electrons. The molecule has 1 heterocycles. The Balaban J connectivity index is 2.85. The van der Waals surface area contributed by atoms with E-state index in [-0.39, 0.29) is 12.8 Å². The summed E-state index contributed by atoms with van der Waals surface area (Å²) >= 11 is 3.17. The van der Waals surface area contributed by atoms with Gasteiger partial charge in [-0.05, 0) is 15.9 Å². The van der Waals surface area contributed by atoms with Gasteiger partial charge in [-0.15, -0.1) is 0 Å². The number of carbonyl (C=O) groups is 2. The monoisotopic (exact) mass is 276 g/mol. The standard InChI is InChI=1S/C8H9BrN2O4/c9-5-3-10-11-8(5)4(1-6(12)13)2-7(14)15/h3-4H,1-2H2,(H,10,11)(H,12,13)(H,14,15). The number of carboxylic acid groups (broad SMARTS) is 2. The Morgan fingerprint density at radius 2 is 1.93 bits per heavy atom. The van der Waals surface area contributed by atoms with Crippen LogP contribution in [0.1, 0.15) is 24.5 Å². The topological polar surface area (TPSA) is 103 Å². The van der Waals surface area contributed by atoms with E-state index >= 15 is 0 Å². The first-order valence-corrected chi connectivity index (χ1v) is 4.92. The fraction of sp³-hybridized carbons (Fsp3) is 0.375. The summed E-state index contributed by atoms with van der Waals surface area (Å²) in [5.74, 6) is -2.68. The number of nitrogens with one attached hydrogen (secondary N) is 1. The van der Waals surface area contributed by atoms with Gasteiger partial charge in [0.2, 0.25) is 0 Å². The van der Waals surface area contributed by atoms with Crippen LogP contribution < -0.4 is 0 Å². The summed E-state index contributed by atoms with van der Waals surface area (Å²) < 4.78 is 0.593. The fourth-order valence-electron chi connectivity index (χ4n) is 1.27. The SMILES string of the molecule is O=C(O)CC(CC(=O)O)c1[nH]ncc1Br. The molecule has 1 rings (SSSR count). The highest BCUT2D eigenvalue weighted by Crippen LogP contribution is 2.27. The molecular weight excluding hydrogens is 268 g/mol. The van der Waals surface area contributed by atoms with E-state index in [4.69, 9.17) is 10.2 Å². The van der Waals surface area contributed by atoms with Gasteiger partial charge in [0.05, 0.1) is 29.2 Å². The van der Waals surface area contributed by atoms with Crippen molar-refractivity contribution in [2.24, 2.45) is 0 Å². The maximum Gasteiger partial charge on any atom is 0.304 e. The Bertz CT molecular complexity index is 360. The molecule has 15 heavy (non-hydrogen) atoms. The Labute approximate surface area is 93.4 Å². The minimum absolute atomic E-state index is 0.243. The maximum atomic E-state index is 10.6. The second-order valence-electron chi connectivity index (χ2n) is 3.02. The normalized spacial score (nSPS) is 10.5. The van der Waals surface area contributed by atoms with Crippen molar-refractivity contribution in [1.82, 2.24) is 10.2 Å². The number of nitrogens with zero attached hydrogens (tertiary/aromatic N) is 1. The number of rotatable bonds is 5. The largest absolute Gasteiger partial charge is 0.481 e. The minimum Gasteiger partial charge on any atom is -0.481 e. The fourth-order valence-corrected chi connectivity index (χ4v) is 1.78. The lowest BCUT2D eigenvalue weighted by Crippen LogP contribution is -2.12. The van der Waals surface area contributed by atoms with E-state index in [9.17, 15) is 9.59 Å². The van der Waals surface area contributed by atoms with Crippen molar-refractivity contribution < 1.29 is 19.8 Å². The Morgan fingerprint density at radius 3 is 2.27 bits per heavy atom. The Kier molecular flexibility index (Phi) is 3.84. The molecule has 0 unspecified atom stereocenters. The van der Waals surface area contributed by atoms with Crippen LogP contribution in [0, 0.1) is 0 Å². The third kappa shape index (κ3) is 3.35. The van der Waals surface area contributed by atoms with Crippen molar-refractivity contribution >= 4 is 27.9 Å². The molecule has 1 aromatic heterocycles. The number of carboxylic acids is 2. The van der Waals surface area contributed by atoms with Crippen molar-refractivity contribution in [2.75, 3.05) is 0 Å². The van der Waals surface area contributed by atoms with Crippen molar-refractivity contribution in [3.05, 3.63) is 16.4 Å². The third-order valence-corrected chi connectivity index (χ3v) is 2.50. The summed E-state index contributed by atoms with van der Waals surface area (Å²) in [5.41, 5.74) is 0.500. The average molecular weight is 277 g/mol. The van der Waals surface area contributed by atoms with Gasteiger partial charge in [-0.2, -0.15) is 5.10 Å². The molecular formula is C8H9BrN2O4. The van der Waals surface area contributed by atoms with Gasteiger partial charge in [0.1, 0.15) is 0 Å². The van der Waals surface area contributed by atoms with Gasteiger partial charge in [0, 0.05) is 5.92 Å². The van der Waals surface area contributed by atoms with Crippen LogP contribution in [-0.2, 0) is 9.59 Å². The number of hydrogen-bond acceptors (Lipinski definition) is 3. The Hall–Kier alpha value is -1.37. The van der Waals surface area contributed by atoms with Gasteiger partial charge in [-0.3, -0.25) is 14.7 Å². The van der Waals surface area contributed by atoms with E-state index < -0.39 is 17.9 Å². The zero-order valence-electron chi connectivity index (χ0n) is 7.61. The molecule has 0 saturated heterocycles. The van der Waals surface area contributed by atoms with Gasteiger partial charge in [0.15, 0.2) is 0 Å². The van der Waals surface area contributed by atoms with E-state index in [1.54, 1.807) is 0 Å². The molecule has 0 aliphatic carbocycles. The average Bonchev–Trinajstić information content (AvgIpc) is 2.48. The van der Waals surface area contributed by atoms with Crippen molar-refractivity contribution in [3.8, 4) is 0 Å². The minimum atomic E-state index is -1.04. The molecule has 0 fully saturated rings. The van der Waals surface area contributed by atoms with E-state index in [1.165, 1.54) is 6.20 Å². The smallest absolute Gasteiger partial charge is 0.304 e. The van der Waals surface area contributed by atoms with E-state index in [0.717, 1.165) is 0 Å². The molecule has 0 bridgehead atoms. The van der Waals surface area contributed by atoms with Gasteiger partial charge < -0.3 is 10.2 Å². The molecule has 0 spiro atoms. The second-order valence-corrected chi connectivity index (χ2v) is 3.88. The third-order valence-electron chi connectivity index (χ3n) is 1.87. The van der Waals surface area contributed by atoms with Gasteiger partial charge in [-0.1, -0.05) is 0 Å². The number of halogens is 1. The maximum absolute atomic E-state index is 10.6. The summed E-state index contributed by atoms with van der Waals surface area (Å²) in [6.45, 7) is 0. The number of hydrogen-bond donors (Lipinski definition) is 3. The van der Waals surface area contributed by atoms with Crippen molar-refractivity contribution in [2.45, 2.75) is 18.8 Å². The molecule has 0 aliphatic rings. The number of aromatic nitrogens is 2. The molecule has 0 aliphatic heterocycles. The lowest BCUT2D eigenvalue weighted by Gasteiger charge is -2.10. The van der Waals surface area contributed by atoms with Crippen LogP contribution >= 0.6 is 15.9 Å². The lowest BCUT2D eigenvalue weighted by molar-refractivity contribution is -0.139. The van der Waals surface area contributed by atoms with E-state index in [2.05, 4.69) is 26.1 Å². The molecule has 0 saturated carbocycles. The van der Waals surface area contributed by atoms with Crippen molar-refractivity contribution in [3.63, 3.8) is 0 Å². The van der Waals surface area contributed by atoms with Crippen LogP contribution in [0.2, 0.25) is 0 Å². The molecule has 1 aromatic rings. The van der Waals surface area contributed by atoms with Gasteiger partial charge >= 0.3 is 11.9 Å². The molecule has 82 valence electrons. The second kappa shape index (κ2) is 4.92. The molecule has 0 atom stereocenters. The highest BCUT2D eigenvalue weighted by Gasteiger charge is 2.22. The Morgan fingerprint density at radius 1 is 1.40 bits per heavy atom. The molecule has 3 N–H and O–H groups in total. The molecule has 6 nitrogen and oxygen atoms in total. The van der Waals surface area contributed by atoms with Crippen LogP contribution in [0.5, 0.6) is 0 Å². The zero-order valence-corrected chi connectivity index (χ0v) is 9.19. The zero-order chi connectivity index (χ0) is 11.4. The predicted molar refractivity (Wildman–Crippen MR) is 53.5 cm³/mol. The first-order valence-electron chi connectivity index (χ1n) is 4.13. The highest BCUT2D eigenvalue weighted by molar-refractivity contribution is 9.10. The highest BCUT2D eigenvalue weighted by atomic mass is 79.9. The summed E-state index contributed by atoms with van der Waals surface area (Å²) in [6.07, 6.45) is 0.978. The van der Waals surface area contributed by atoms with E-state index in [1.807, 2.05) is 0 Å². The van der Waals surface area contributed by atoms with Crippen LogP contribution in [0.3, 0.4) is 0 Å². The summed E-state index contributed by atoms with van der Waals surface area (Å²) in [6, 6.07) is 0. The van der Waals surface area contributed by atoms with Crippen LogP contribution in [0.4, 0.5) is 0 Å². The molecule has 7 heteroatoms. The number of aromatic amines is 1.